The molecule has 0 spiro atoms. The van der Waals surface area contributed by atoms with Crippen molar-refractivity contribution in [3.8, 4) is 0 Å². The van der Waals surface area contributed by atoms with Gasteiger partial charge in [-0.2, -0.15) is 5.10 Å². The fourth-order valence-electron chi connectivity index (χ4n) is 2.46. The van der Waals surface area contributed by atoms with Gasteiger partial charge < -0.3 is 4.90 Å². The Kier molecular flexibility index (Phi) is 2.63. The van der Waals surface area contributed by atoms with Gasteiger partial charge in [0.25, 0.3) is 0 Å². The van der Waals surface area contributed by atoms with Gasteiger partial charge in [0.15, 0.2) is 0 Å². The van der Waals surface area contributed by atoms with Gasteiger partial charge >= 0.3 is 0 Å². The molecule has 1 heterocycles. The average molecular weight is 241 g/mol. The number of fused-ring (bicyclic) bond motifs is 1. The molecule has 0 fully saturated rings. The number of benzene rings is 1. The number of nitrogens with zero attached hydrogens (tertiary/aromatic N) is 2. The lowest BCUT2D eigenvalue weighted by atomic mass is 9.77. The lowest BCUT2D eigenvalue weighted by Crippen LogP contribution is -2.36. The first kappa shape index (κ1) is 11.0. The summed E-state index contributed by atoms with van der Waals surface area (Å²) in [7, 11) is 1.84. The number of aromatic amines is 1. The van der Waals surface area contributed by atoms with Crippen LogP contribution in [0.15, 0.2) is 36.7 Å². The minimum absolute atomic E-state index is 0.0399. The zero-order chi connectivity index (χ0) is 12.5. The molecular formula is C14H15N3O. The molecule has 0 bridgehead atoms. The third-order valence-corrected chi connectivity index (χ3v) is 3.50. The van der Waals surface area contributed by atoms with Crippen molar-refractivity contribution in [3.63, 3.8) is 0 Å². The molecule has 1 aliphatic carbocycles. The van der Waals surface area contributed by atoms with Crippen LogP contribution in [0, 0.1) is 0 Å². The molecule has 0 aliphatic heterocycles. The number of H-pyrrole nitrogens is 1. The highest BCUT2D eigenvalue weighted by Crippen LogP contribution is 2.36. The highest BCUT2D eigenvalue weighted by molar-refractivity contribution is 5.86. The Hall–Kier alpha value is -2.10. The predicted octanol–water partition coefficient (Wildman–Crippen LogP) is 1.71. The molecule has 1 N–H and O–H groups in total. The number of aromatic nitrogens is 2. The van der Waals surface area contributed by atoms with Crippen LogP contribution in [-0.4, -0.2) is 28.1 Å². The van der Waals surface area contributed by atoms with E-state index < -0.39 is 0 Å². The van der Waals surface area contributed by atoms with Gasteiger partial charge in [-0.25, -0.2) is 0 Å². The minimum atomic E-state index is 0.0399. The SMILES string of the molecule is CN(Cc1cn[nH]c1)C(=O)C1Cc2ccccc21. The number of nitrogens with one attached hydrogen (secondary N) is 1. The van der Waals surface area contributed by atoms with Gasteiger partial charge in [-0.15, -0.1) is 0 Å². The topological polar surface area (TPSA) is 49.0 Å². The van der Waals surface area contributed by atoms with E-state index in [-0.39, 0.29) is 11.8 Å². The lowest BCUT2D eigenvalue weighted by Gasteiger charge is -2.32. The summed E-state index contributed by atoms with van der Waals surface area (Å²) in [5.74, 6) is 0.230. The number of carbonyl (C=O) groups excluding carboxylic acids is 1. The summed E-state index contributed by atoms with van der Waals surface area (Å²) < 4.78 is 0. The Morgan fingerprint density at radius 2 is 2.33 bits per heavy atom. The van der Waals surface area contributed by atoms with Crippen LogP contribution in [-0.2, 0) is 17.8 Å². The van der Waals surface area contributed by atoms with E-state index in [4.69, 9.17) is 0 Å². The van der Waals surface area contributed by atoms with Gasteiger partial charge in [0.1, 0.15) is 0 Å². The summed E-state index contributed by atoms with van der Waals surface area (Å²) in [6.45, 7) is 0.605. The van der Waals surface area contributed by atoms with Crippen molar-refractivity contribution in [1.82, 2.24) is 15.1 Å². The maximum atomic E-state index is 12.3. The second kappa shape index (κ2) is 4.29. The highest BCUT2D eigenvalue weighted by atomic mass is 16.2. The lowest BCUT2D eigenvalue weighted by molar-refractivity contribution is -0.132. The van der Waals surface area contributed by atoms with Gasteiger partial charge in [0, 0.05) is 25.4 Å². The monoisotopic (exact) mass is 241 g/mol. The van der Waals surface area contributed by atoms with E-state index in [1.807, 2.05) is 31.4 Å². The van der Waals surface area contributed by atoms with Crippen molar-refractivity contribution in [3.05, 3.63) is 53.3 Å². The zero-order valence-electron chi connectivity index (χ0n) is 10.3. The molecule has 18 heavy (non-hydrogen) atoms. The van der Waals surface area contributed by atoms with Crippen molar-refractivity contribution >= 4 is 5.91 Å². The largest absolute Gasteiger partial charge is 0.341 e. The number of likely N-dealkylation sites (N-methyl/N-ethyl adjacent to an activating group) is 1. The van der Waals surface area contributed by atoms with Crippen molar-refractivity contribution in [2.24, 2.45) is 0 Å². The smallest absolute Gasteiger partial charge is 0.230 e. The molecule has 1 amide bonds. The third kappa shape index (κ3) is 1.79. The summed E-state index contributed by atoms with van der Waals surface area (Å²) >= 11 is 0. The molecule has 1 aromatic carbocycles. The molecule has 1 atom stereocenters. The van der Waals surface area contributed by atoms with Crippen LogP contribution in [0.25, 0.3) is 0 Å². The Morgan fingerprint density at radius 3 is 3.06 bits per heavy atom. The van der Waals surface area contributed by atoms with Gasteiger partial charge in [-0.3, -0.25) is 9.89 Å². The zero-order valence-corrected chi connectivity index (χ0v) is 10.3. The first-order valence-corrected chi connectivity index (χ1v) is 6.06. The minimum Gasteiger partial charge on any atom is -0.341 e. The first-order chi connectivity index (χ1) is 8.75. The number of carbonyl (C=O) groups is 1. The van der Waals surface area contributed by atoms with E-state index >= 15 is 0 Å². The predicted molar refractivity (Wildman–Crippen MR) is 67.9 cm³/mol. The van der Waals surface area contributed by atoms with Crippen LogP contribution in [0.5, 0.6) is 0 Å². The van der Waals surface area contributed by atoms with Crippen molar-refractivity contribution in [2.45, 2.75) is 18.9 Å². The molecule has 1 aromatic heterocycles. The van der Waals surface area contributed by atoms with Gasteiger partial charge in [-0.1, -0.05) is 24.3 Å². The number of hydrogen-bond acceptors (Lipinski definition) is 2. The quantitative estimate of drug-likeness (QED) is 0.889. The van der Waals surface area contributed by atoms with Crippen LogP contribution < -0.4 is 0 Å². The Balaban J connectivity index is 1.69. The van der Waals surface area contributed by atoms with Crippen LogP contribution in [0.1, 0.15) is 22.6 Å². The van der Waals surface area contributed by atoms with E-state index in [9.17, 15) is 4.79 Å². The second-order valence-electron chi connectivity index (χ2n) is 4.76. The molecule has 4 heteroatoms. The van der Waals surface area contributed by atoms with Gasteiger partial charge in [0.2, 0.25) is 5.91 Å². The van der Waals surface area contributed by atoms with Crippen LogP contribution >= 0.6 is 0 Å². The van der Waals surface area contributed by atoms with Crippen LogP contribution in [0.3, 0.4) is 0 Å². The van der Waals surface area contributed by atoms with Gasteiger partial charge in [0.05, 0.1) is 12.1 Å². The van der Waals surface area contributed by atoms with Crippen LogP contribution in [0.2, 0.25) is 0 Å². The molecule has 1 aliphatic rings. The average Bonchev–Trinajstić information content (AvgIpc) is 2.83. The summed E-state index contributed by atoms with van der Waals surface area (Å²) in [5.41, 5.74) is 3.51. The van der Waals surface area contributed by atoms with Crippen molar-refractivity contribution < 1.29 is 4.79 Å². The Labute approximate surface area is 106 Å². The fraction of sp³-hybridized carbons (Fsp3) is 0.286. The fourth-order valence-corrected chi connectivity index (χ4v) is 2.46. The number of rotatable bonds is 3. The van der Waals surface area contributed by atoms with E-state index in [1.165, 1.54) is 11.1 Å². The van der Waals surface area contributed by atoms with E-state index in [2.05, 4.69) is 16.3 Å². The first-order valence-electron chi connectivity index (χ1n) is 6.06. The Morgan fingerprint density at radius 1 is 1.50 bits per heavy atom. The van der Waals surface area contributed by atoms with Crippen LogP contribution in [0.4, 0.5) is 0 Å². The van der Waals surface area contributed by atoms with E-state index in [1.54, 1.807) is 11.1 Å². The molecule has 1 unspecified atom stereocenters. The summed E-state index contributed by atoms with van der Waals surface area (Å²) in [6.07, 6.45) is 4.43. The highest BCUT2D eigenvalue weighted by Gasteiger charge is 2.33. The molecule has 0 saturated heterocycles. The number of hydrogen-bond donors (Lipinski definition) is 1. The van der Waals surface area contributed by atoms with Crippen molar-refractivity contribution in [1.29, 1.82) is 0 Å². The summed E-state index contributed by atoms with van der Waals surface area (Å²) in [5, 5.41) is 6.65. The summed E-state index contributed by atoms with van der Waals surface area (Å²) in [6, 6.07) is 8.16. The van der Waals surface area contributed by atoms with Gasteiger partial charge in [-0.05, 0) is 17.5 Å². The number of amides is 1. The van der Waals surface area contributed by atoms with E-state index in [0.717, 1.165) is 12.0 Å². The van der Waals surface area contributed by atoms with Crippen molar-refractivity contribution in [2.75, 3.05) is 7.05 Å². The molecule has 2 aromatic rings. The van der Waals surface area contributed by atoms with E-state index in [0.29, 0.717) is 6.54 Å². The molecular weight excluding hydrogens is 226 g/mol. The molecule has 92 valence electrons. The molecule has 4 nitrogen and oxygen atoms in total. The normalized spacial score (nSPS) is 16.8. The summed E-state index contributed by atoms with van der Waals surface area (Å²) in [4.78, 5) is 14.1. The maximum Gasteiger partial charge on any atom is 0.230 e. The second-order valence-corrected chi connectivity index (χ2v) is 4.76. The maximum absolute atomic E-state index is 12.3. The third-order valence-electron chi connectivity index (χ3n) is 3.50. The standard InChI is InChI=1S/C14H15N3O/c1-17(9-10-7-15-16-8-10)14(18)13-6-11-4-2-3-5-12(11)13/h2-5,7-8,13H,6,9H2,1H3,(H,15,16). The molecule has 3 rings (SSSR count). The molecule has 0 saturated carbocycles. The molecule has 0 radical (unpaired) electrons. The Bertz CT molecular complexity index is 562.